The summed E-state index contributed by atoms with van der Waals surface area (Å²) >= 11 is 0. The fourth-order valence-electron chi connectivity index (χ4n) is 2.59. The minimum absolute atomic E-state index is 0.101. The van der Waals surface area contributed by atoms with Crippen molar-refractivity contribution in [2.45, 2.75) is 32.5 Å². The summed E-state index contributed by atoms with van der Waals surface area (Å²) in [6.45, 7) is 3.09. The van der Waals surface area contributed by atoms with E-state index in [2.05, 4.69) is 0 Å². The van der Waals surface area contributed by atoms with E-state index in [-0.39, 0.29) is 26.2 Å². The zero-order valence-electron chi connectivity index (χ0n) is 11.7. The van der Waals surface area contributed by atoms with Crippen LogP contribution in [0.4, 0.5) is 0 Å². The Kier molecular flexibility index (Phi) is 6.38. The monoisotopic (exact) mass is 290 g/mol. The second kappa shape index (κ2) is 7.56. The molecule has 20 heavy (non-hydrogen) atoms. The molecule has 7 nitrogen and oxygen atoms in total. The molecule has 7 heteroatoms. The third kappa shape index (κ3) is 3.47. The second-order valence-corrected chi connectivity index (χ2v) is 4.81. The van der Waals surface area contributed by atoms with Gasteiger partial charge in [0, 0.05) is 18.4 Å². The van der Waals surface area contributed by atoms with Crippen LogP contribution in [-0.4, -0.2) is 59.3 Å². The van der Waals surface area contributed by atoms with Gasteiger partial charge in [0.05, 0.1) is 25.4 Å². The molecule has 0 aromatic carbocycles. The predicted octanol–water partition coefficient (Wildman–Crippen LogP) is -0.921. The number of carbonyl (C=O) groups is 2. The highest BCUT2D eigenvalue weighted by molar-refractivity contribution is 5.95. The van der Waals surface area contributed by atoms with Crippen molar-refractivity contribution in [1.29, 1.82) is 0 Å². The van der Waals surface area contributed by atoms with E-state index in [1.807, 2.05) is 0 Å². The molecule has 1 saturated carbocycles. The third-order valence-corrected chi connectivity index (χ3v) is 3.59. The Hall–Kier alpha value is -1.18. The number of aliphatic hydroxyl groups excluding tert-OH is 3. The van der Waals surface area contributed by atoms with Crippen molar-refractivity contribution in [3.8, 4) is 0 Å². The lowest BCUT2D eigenvalue weighted by Crippen LogP contribution is -2.40. The van der Waals surface area contributed by atoms with Gasteiger partial charge in [-0.2, -0.15) is 0 Å². The van der Waals surface area contributed by atoms with E-state index in [1.165, 1.54) is 0 Å². The minimum Gasteiger partial charge on any atom is -0.465 e. The fourth-order valence-corrected chi connectivity index (χ4v) is 2.59. The van der Waals surface area contributed by atoms with Crippen molar-refractivity contribution in [2.75, 3.05) is 19.8 Å². The van der Waals surface area contributed by atoms with Gasteiger partial charge in [-0.15, -0.1) is 0 Å². The Balaban J connectivity index is 2.93. The number of hydrogen-bond acceptors (Lipinski definition) is 7. The van der Waals surface area contributed by atoms with Crippen molar-refractivity contribution < 1.29 is 34.4 Å². The van der Waals surface area contributed by atoms with Crippen LogP contribution in [0.1, 0.15) is 20.3 Å². The van der Waals surface area contributed by atoms with Crippen molar-refractivity contribution >= 4 is 11.9 Å². The van der Waals surface area contributed by atoms with Crippen molar-refractivity contribution in [1.82, 2.24) is 0 Å². The summed E-state index contributed by atoms with van der Waals surface area (Å²) in [5.41, 5.74) is 0. The van der Waals surface area contributed by atoms with E-state index in [0.717, 1.165) is 0 Å². The van der Waals surface area contributed by atoms with Crippen LogP contribution < -0.4 is 0 Å². The van der Waals surface area contributed by atoms with Crippen LogP contribution in [0, 0.1) is 17.8 Å². The van der Waals surface area contributed by atoms with Gasteiger partial charge in [0.1, 0.15) is 0 Å². The molecule has 0 spiro atoms. The van der Waals surface area contributed by atoms with Crippen molar-refractivity contribution in [3.63, 3.8) is 0 Å². The Labute approximate surface area is 117 Å². The fraction of sp³-hybridized carbons (Fsp3) is 0.846. The normalized spacial score (nSPS) is 29.5. The van der Waals surface area contributed by atoms with Gasteiger partial charge in [-0.25, -0.2) is 0 Å². The summed E-state index contributed by atoms with van der Waals surface area (Å²) in [6, 6.07) is 0. The predicted molar refractivity (Wildman–Crippen MR) is 67.5 cm³/mol. The first-order valence-electron chi connectivity index (χ1n) is 6.78. The van der Waals surface area contributed by atoms with Gasteiger partial charge < -0.3 is 24.8 Å². The zero-order chi connectivity index (χ0) is 15.3. The lowest BCUT2D eigenvalue weighted by atomic mass is 9.88. The Morgan fingerprint density at radius 3 is 1.95 bits per heavy atom. The molecule has 116 valence electrons. The van der Waals surface area contributed by atoms with Gasteiger partial charge in [0.15, 0.2) is 5.92 Å². The SMILES string of the molecule is CCOC(=O)C(C(=O)OCC)[C@@H]1C[C@H](CO)[C@@H](O)[C@H]1O. The summed E-state index contributed by atoms with van der Waals surface area (Å²) in [4.78, 5) is 23.8. The van der Waals surface area contributed by atoms with Crippen LogP contribution in [0.25, 0.3) is 0 Å². The first-order chi connectivity index (χ1) is 9.47. The maximum absolute atomic E-state index is 11.9. The molecule has 0 amide bonds. The summed E-state index contributed by atoms with van der Waals surface area (Å²) < 4.78 is 9.68. The number of carbonyl (C=O) groups excluding carboxylic acids is 2. The van der Waals surface area contributed by atoms with Crippen molar-refractivity contribution in [3.05, 3.63) is 0 Å². The standard InChI is InChI=1S/C13H22O7/c1-3-19-12(17)9(13(18)20-4-2)8-5-7(6-14)10(15)11(8)16/h7-11,14-16H,3-6H2,1-2H3/t7-,8+,10-,11+/m1/s1. The van der Waals surface area contributed by atoms with Crippen LogP contribution in [0.2, 0.25) is 0 Å². The van der Waals surface area contributed by atoms with E-state index in [4.69, 9.17) is 14.6 Å². The Morgan fingerprint density at radius 1 is 1.10 bits per heavy atom. The molecule has 1 fully saturated rings. The van der Waals surface area contributed by atoms with Crippen LogP contribution in [0.15, 0.2) is 0 Å². The van der Waals surface area contributed by atoms with E-state index in [9.17, 15) is 19.8 Å². The zero-order valence-corrected chi connectivity index (χ0v) is 11.7. The average Bonchev–Trinajstić information content (AvgIpc) is 2.68. The molecule has 0 aromatic heterocycles. The maximum atomic E-state index is 11.9. The Bertz CT molecular complexity index is 326. The highest BCUT2D eigenvalue weighted by atomic mass is 16.6. The number of esters is 2. The van der Waals surface area contributed by atoms with Crippen LogP contribution >= 0.6 is 0 Å². The smallest absolute Gasteiger partial charge is 0.320 e. The van der Waals surface area contributed by atoms with Gasteiger partial charge in [-0.3, -0.25) is 9.59 Å². The number of rotatable bonds is 6. The van der Waals surface area contributed by atoms with E-state index in [0.29, 0.717) is 0 Å². The van der Waals surface area contributed by atoms with Gasteiger partial charge in [-0.05, 0) is 20.3 Å². The summed E-state index contributed by atoms with van der Waals surface area (Å²) in [5, 5.41) is 28.9. The van der Waals surface area contributed by atoms with Crippen LogP contribution in [0.5, 0.6) is 0 Å². The van der Waals surface area contributed by atoms with Gasteiger partial charge in [0.25, 0.3) is 0 Å². The number of ether oxygens (including phenoxy) is 2. The van der Waals surface area contributed by atoms with Gasteiger partial charge in [-0.1, -0.05) is 0 Å². The highest BCUT2D eigenvalue weighted by Gasteiger charge is 2.50. The van der Waals surface area contributed by atoms with Crippen LogP contribution in [-0.2, 0) is 19.1 Å². The van der Waals surface area contributed by atoms with Crippen LogP contribution in [0.3, 0.4) is 0 Å². The molecule has 1 aliphatic rings. The molecule has 0 heterocycles. The lowest BCUT2D eigenvalue weighted by Gasteiger charge is -2.23. The summed E-state index contributed by atoms with van der Waals surface area (Å²) in [7, 11) is 0. The van der Waals surface area contributed by atoms with E-state index >= 15 is 0 Å². The quantitative estimate of drug-likeness (QED) is 0.428. The largest absolute Gasteiger partial charge is 0.465 e. The minimum atomic E-state index is -1.28. The number of hydrogen-bond donors (Lipinski definition) is 3. The molecule has 4 atom stereocenters. The molecule has 0 saturated heterocycles. The molecule has 0 aromatic rings. The van der Waals surface area contributed by atoms with E-state index in [1.54, 1.807) is 13.8 Å². The number of aliphatic hydroxyl groups is 3. The molecule has 0 radical (unpaired) electrons. The molecule has 0 unspecified atom stereocenters. The second-order valence-electron chi connectivity index (χ2n) is 4.81. The van der Waals surface area contributed by atoms with Gasteiger partial charge >= 0.3 is 11.9 Å². The van der Waals surface area contributed by atoms with E-state index < -0.39 is 41.9 Å². The summed E-state index contributed by atoms with van der Waals surface area (Å²) in [5.74, 6) is -4.22. The molecule has 3 N–H and O–H groups in total. The van der Waals surface area contributed by atoms with Crippen molar-refractivity contribution in [2.24, 2.45) is 17.8 Å². The topological polar surface area (TPSA) is 113 Å². The molecule has 0 bridgehead atoms. The lowest BCUT2D eigenvalue weighted by molar-refractivity contribution is -0.166. The molecule has 0 aliphatic heterocycles. The molecular formula is C13H22O7. The Morgan fingerprint density at radius 2 is 1.60 bits per heavy atom. The summed E-state index contributed by atoms with van der Waals surface area (Å²) in [6.07, 6.45) is -2.29. The highest BCUT2D eigenvalue weighted by Crippen LogP contribution is 2.37. The molecule has 1 aliphatic carbocycles. The maximum Gasteiger partial charge on any atom is 0.320 e. The average molecular weight is 290 g/mol. The van der Waals surface area contributed by atoms with Gasteiger partial charge in [0.2, 0.25) is 0 Å². The first-order valence-corrected chi connectivity index (χ1v) is 6.78. The first kappa shape index (κ1) is 16.9. The molecular weight excluding hydrogens is 268 g/mol. The molecule has 1 rings (SSSR count). The third-order valence-electron chi connectivity index (χ3n) is 3.59.